The number of halogens is 1. The predicted octanol–water partition coefficient (Wildman–Crippen LogP) is 3.12. The van der Waals surface area contributed by atoms with Crippen LogP contribution in [0.1, 0.15) is 25.3 Å². The number of aromatic hydroxyl groups is 1. The molecular weight excluding hydrogens is 251 g/mol. The third-order valence-corrected chi connectivity index (χ3v) is 2.50. The number of rotatable bonds is 1. The normalized spacial score (nSPS) is 10.5. The fraction of sp³-hybridized carbons (Fsp3) is 0.333. The third kappa shape index (κ3) is 2.09. The zero-order chi connectivity index (χ0) is 8.43. The molecule has 1 nitrogen and oxygen atoms in total. The average molecular weight is 262 g/mol. The van der Waals surface area contributed by atoms with Crippen LogP contribution in [0, 0.1) is 3.57 Å². The first kappa shape index (κ1) is 8.84. The molecule has 0 spiro atoms. The van der Waals surface area contributed by atoms with Crippen molar-refractivity contribution in [2.75, 3.05) is 0 Å². The number of hydrogen-bond acceptors (Lipinski definition) is 1. The Kier molecular flexibility index (Phi) is 2.76. The van der Waals surface area contributed by atoms with Gasteiger partial charge in [-0.1, -0.05) is 19.9 Å². The van der Waals surface area contributed by atoms with Gasteiger partial charge in [0.05, 0.1) is 3.57 Å². The lowest BCUT2D eigenvalue weighted by atomic mass is 10.0. The van der Waals surface area contributed by atoms with E-state index in [0.29, 0.717) is 11.7 Å². The Morgan fingerprint density at radius 1 is 1.36 bits per heavy atom. The van der Waals surface area contributed by atoms with Gasteiger partial charge in [-0.25, -0.2) is 0 Å². The highest BCUT2D eigenvalue weighted by molar-refractivity contribution is 14.1. The monoisotopic (exact) mass is 262 g/mol. The molecule has 0 fully saturated rings. The summed E-state index contributed by atoms with van der Waals surface area (Å²) in [5.41, 5.74) is 1.27. The van der Waals surface area contributed by atoms with Crippen LogP contribution in [0.25, 0.3) is 0 Å². The number of benzene rings is 1. The Morgan fingerprint density at radius 2 is 2.00 bits per heavy atom. The number of hydrogen-bond donors (Lipinski definition) is 1. The van der Waals surface area contributed by atoms with E-state index in [2.05, 4.69) is 36.4 Å². The van der Waals surface area contributed by atoms with Crippen LogP contribution in [0.5, 0.6) is 5.75 Å². The van der Waals surface area contributed by atoms with Crippen LogP contribution in [-0.2, 0) is 0 Å². The van der Waals surface area contributed by atoms with E-state index in [4.69, 9.17) is 0 Å². The van der Waals surface area contributed by atoms with Gasteiger partial charge in [-0.3, -0.25) is 0 Å². The minimum atomic E-state index is 0.370. The molecule has 2 heteroatoms. The van der Waals surface area contributed by atoms with E-state index in [1.54, 1.807) is 6.07 Å². The second-order valence-electron chi connectivity index (χ2n) is 2.87. The van der Waals surface area contributed by atoms with E-state index in [-0.39, 0.29) is 0 Å². The first-order chi connectivity index (χ1) is 5.11. The molecule has 11 heavy (non-hydrogen) atoms. The summed E-state index contributed by atoms with van der Waals surface area (Å²) in [6.45, 7) is 4.28. The zero-order valence-electron chi connectivity index (χ0n) is 6.63. The van der Waals surface area contributed by atoms with Gasteiger partial charge in [0.1, 0.15) is 5.75 Å². The van der Waals surface area contributed by atoms with Crippen molar-refractivity contribution in [3.63, 3.8) is 0 Å². The van der Waals surface area contributed by atoms with Crippen LogP contribution in [0.2, 0.25) is 0 Å². The van der Waals surface area contributed by atoms with Crippen LogP contribution < -0.4 is 0 Å². The fourth-order valence-electron chi connectivity index (χ4n) is 0.882. The lowest BCUT2D eigenvalue weighted by molar-refractivity contribution is 0.471. The molecule has 0 amide bonds. The maximum absolute atomic E-state index is 9.22. The molecule has 1 aromatic carbocycles. The molecule has 0 aromatic heterocycles. The lowest BCUT2D eigenvalue weighted by Crippen LogP contribution is -1.87. The molecule has 1 N–H and O–H groups in total. The highest BCUT2D eigenvalue weighted by Crippen LogP contribution is 2.23. The van der Waals surface area contributed by atoms with E-state index in [1.807, 2.05) is 12.1 Å². The van der Waals surface area contributed by atoms with Crippen molar-refractivity contribution < 1.29 is 5.11 Å². The Morgan fingerprint density at radius 3 is 2.45 bits per heavy atom. The van der Waals surface area contributed by atoms with Crippen molar-refractivity contribution >= 4 is 22.6 Å². The van der Waals surface area contributed by atoms with Gasteiger partial charge in [0, 0.05) is 0 Å². The molecule has 0 bridgehead atoms. The topological polar surface area (TPSA) is 20.2 Å². The molecule has 0 radical (unpaired) electrons. The minimum Gasteiger partial charge on any atom is -0.507 e. The van der Waals surface area contributed by atoms with E-state index >= 15 is 0 Å². The molecule has 0 atom stereocenters. The molecular formula is C9H11IO. The number of phenols is 1. The summed E-state index contributed by atoms with van der Waals surface area (Å²) < 4.78 is 0.925. The fourth-order valence-corrected chi connectivity index (χ4v) is 1.42. The summed E-state index contributed by atoms with van der Waals surface area (Å²) >= 11 is 2.13. The molecule has 0 saturated carbocycles. The largest absolute Gasteiger partial charge is 0.507 e. The first-order valence-electron chi connectivity index (χ1n) is 3.59. The summed E-state index contributed by atoms with van der Waals surface area (Å²) in [6, 6.07) is 5.72. The Balaban J connectivity index is 3.05. The van der Waals surface area contributed by atoms with Crippen LogP contribution in [0.4, 0.5) is 0 Å². The maximum atomic E-state index is 9.22. The molecule has 0 aliphatic rings. The molecule has 60 valence electrons. The van der Waals surface area contributed by atoms with Crippen molar-refractivity contribution in [3.05, 3.63) is 27.3 Å². The lowest BCUT2D eigenvalue weighted by Gasteiger charge is -2.05. The van der Waals surface area contributed by atoms with Gasteiger partial charge in [0.25, 0.3) is 0 Å². The van der Waals surface area contributed by atoms with E-state index in [1.165, 1.54) is 5.56 Å². The van der Waals surface area contributed by atoms with Crippen molar-refractivity contribution in [1.29, 1.82) is 0 Å². The maximum Gasteiger partial charge on any atom is 0.128 e. The predicted molar refractivity (Wildman–Crippen MR) is 54.9 cm³/mol. The standard InChI is InChI=1S/C9H11IO/c1-6(2)7-3-4-9(11)8(10)5-7/h3-6,11H,1-2H3. The van der Waals surface area contributed by atoms with Gasteiger partial charge in [0.2, 0.25) is 0 Å². The molecule has 0 aliphatic carbocycles. The van der Waals surface area contributed by atoms with E-state index in [0.717, 1.165) is 3.57 Å². The van der Waals surface area contributed by atoms with Gasteiger partial charge in [-0.15, -0.1) is 0 Å². The van der Waals surface area contributed by atoms with E-state index in [9.17, 15) is 5.11 Å². The molecule has 1 aromatic rings. The highest BCUT2D eigenvalue weighted by Gasteiger charge is 2.01. The van der Waals surface area contributed by atoms with Gasteiger partial charge in [0.15, 0.2) is 0 Å². The van der Waals surface area contributed by atoms with Crippen LogP contribution >= 0.6 is 22.6 Å². The SMILES string of the molecule is CC(C)c1ccc(O)c(I)c1. The molecule has 0 saturated heterocycles. The second-order valence-corrected chi connectivity index (χ2v) is 4.03. The molecule has 0 heterocycles. The zero-order valence-corrected chi connectivity index (χ0v) is 8.79. The minimum absolute atomic E-state index is 0.370. The summed E-state index contributed by atoms with van der Waals surface area (Å²) in [6.07, 6.45) is 0. The van der Waals surface area contributed by atoms with Gasteiger partial charge >= 0.3 is 0 Å². The van der Waals surface area contributed by atoms with Crippen LogP contribution in [0.3, 0.4) is 0 Å². The van der Waals surface area contributed by atoms with Gasteiger partial charge in [-0.05, 0) is 46.2 Å². The smallest absolute Gasteiger partial charge is 0.128 e. The van der Waals surface area contributed by atoms with Crippen LogP contribution in [0.15, 0.2) is 18.2 Å². The third-order valence-electron chi connectivity index (χ3n) is 1.64. The van der Waals surface area contributed by atoms with Gasteiger partial charge in [-0.2, -0.15) is 0 Å². The first-order valence-corrected chi connectivity index (χ1v) is 4.67. The summed E-state index contributed by atoms with van der Waals surface area (Å²) in [7, 11) is 0. The van der Waals surface area contributed by atoms with Gasteiger partial charge < -0.3 is 5.11 Å². The quantitative estimate of drug-likeness (QED) is 0.771. The van der Waals surface area contributed by atoms with Crippen molar-refractivity contribution in [2.45, 2.75) is 19.8 Å². The summed E-state index contributed by atoms with van der Waals surface area (Å²) in [5.74, 6) is 0.902. The number of phenolic OH excluding ortho intramolecular Hbond substituents is 1. The average Bonchev–Trinajstić information content (AvgIpc) is 1.94. The Bertz CT molecular complexity index is 256. The van der Waals surface area contributed by atoms with Crippen molar-refractivity contribution in [3.8, 4) is 5.75 Å². The molecule has 1 rings (SSSR count). The summed E-state index contributed by atoms with van der Waals surface area (Å²) in [4.78, 5) is 0. The Hall–Kier alpha value is -0.250. The van der Waals surface area contributed by atoms with Crippen molar-refractivity contribution in [2.24, 2.45) is 0 Å². The van der Waals surface area contributed by atoms with Crippen LogP contribution in [-0.4, -0.2) is 5.11 Å². The second kappa shape index (κ2) is 3.43. The van der Waals surface area contributed by atoms with Crippen molar-refractivity contribution in [1.82, 2.24) is 0 Å². The molecule has 0 aliphatic heterocycles. The van der Waals surface area contributed by atoms with E-state index < -0.39 is 0 Å². The molecule has 0 unspecified atom stereocenters. The summed E-state index contributed by atoms with van der Waals surface area (Å²) in [5, 5.41) is 9.22. The highest BCUT2D eigenvalue weighted by atomic mass is 127. The Labute approximate surface area is 80.6 Å².